The van der Waals surface area contributed by atoms with E-state index in [-0.39, 0.29) is 0 Å². The normalized spacial score (nSPS) is 31.5. The summed E-state index contributed by atoms with van der Waals surface area (Å²) in [4.78, 5) is 6.66. The molecule has 0 bridgehead atoms. The second-order valence-corrected chi connectivity index (χ2v) is 4.68. The predicted molar refractivity (Wildman–Crippen MR) is 57.7 cm³/mol. The Bertz CT molecular complexity index is 234. The van der Waals surface area contributed by atoms with Gasteiger partial charge in [0.1, 0.15) is 0 Å². The molecule has 2 atom stereocenters. The van der Waals surface area contributed by atoms with E-state index in [1.807, 2.05) is 0 Å². The Kier molecular flexibility index (Phi) is 2.63. The van der Waals surface area contributed by atoms with E-state index in [4.69, 9.17) is 5.84 Å². The van der Waals surface area contributed by atoms with E-state index >= 15 is 0 Å². The van der Waals surface area contributed by atoms with Gasteiger partial charge in [0.15, 0.2) is 0 Å². The minimum atomic E-state index is 0.528. The molecular weight excluding hydrogens is 176 g/mol. The van der Waals surface area contributed by atoms with E-state index in [2.05, 4.69) is 29.3 Å². The maximum absolute atomic E-state index is 5.46. The number of aliphatic imine (C=N–C) groups is 1. The van der Waals surface area contributed by atoms with Crippen molar-refractivity contribution in [1.82, 2.24) is 10.3 Å². The molecule has 0 saturated heterocycles. The topological polar surface area (TPSA) is 53.6 Å². The molecule has 3 N–H and O–H groups in total. The average Bonchev–Trinajstić information content (AvgIpc) is 3.02. The molecule has 0 aliphatic heterocycles. The molecule has 0 spiro atoms. The van der Waals surface area contributed by atoms with Gasteiger partial charge in [-0.15, -0.1) is 0 Å². The minimum Gasteiger partial charge on any atom is -0.345 e. The van der Waals surface area contributed by atoms with Gasteiger partial charge in [0.2, 0.25) is 5.96 Å². The van der Waals surface area contributed by atoms with Gasteiger partial charge in [0.05, 0.1) is 6.04 Å². The monoisotopic (exact) mass is 196 g/mol. The van der Waals surface area contributed by atoms with Crippen molar-refractivity contribution in [2.45, 2.75) is 32.2 Å². The number of rotatable bonds is 3. The van der Waals surface area contributed by atoms with E-state index in [9.17, 15) is 0 Å². The zero-order chi connectivity index (χ0) is 10.1. The molecule has 0 aromatic heterocycles. The number of hydrazine groups is 1. The molecule has 2 unspecified atom stereocenters. The SMILES string of the molecule is CC1CC1CN(C)C(=NC1CC1)NN. The van der Waals surface area contributed by atoms with E-state index in [1.165, 1.54) is 19.3 Å². The summed E-state index contributed by atoms with van der Waals surface area (Å²) in [6.07, 6.45) is 3.79. The van der Waals surface area contributed by atoms with Crippen LogP contribution in [-0.2, 0) is 0 Å². The van der Waals surface area contributed by atoms with Crippen LogP contribution >= 0.6 is 0 Å². The summed E-state index contributed by atoms with van der Waals surface area (Å²) in [5.41, 5.74) is 2.70. The molecule has 0 heterocycles. The van der Waals surface area contributed by atoms with Gasteiger partial charge in [-0.1, -0.05) is 6.92 Å². The highest BCUT2D eigenvalue weighted by molar-refractivity contribution is 5.79. The molecule has 2 rings (SSSR count). The number of nitrogens with one attached hydrogen (secondary N) is 1. The van der Waals surface area contributed by atoms with E-state index < -0.39 is 0 Å². The Morgan fingerprint density at radius 2 is 2.21 bits per heavy atom. The minimum absolute atomic E-state index is 0.528. The first-order valence-electron chi connectivity index (χ1n) is 5.46. The summed E-state index contributed by atoms with van der Waals surface area (Å²) in [5.74, 6) is 8.04. The van der Waals surface area contributed by atoms with Gasteiger partial charge in [-0.25, -0.2) is 10.8 Å². The standard InChI is InChI=1S/C10H20N4/c1-7-5-8(7)6-14(2)10(13-11)12-9-3-4-9/h7-9H,3-6,11H2,1-2H3,(H,12,13). The molecule has 0 amide bonds. The number of nitrogens with zero attached hydrogens (tertiary/aromatic N) is 2. The van der Waals surface area contributed by atoms with E-state index in [1.54, 1.807) is 0 Å². The van der Waals surface area contributed by atoms with Crippen LogP contribution in [0, 0.1) is 11.8 Å². The van der Waals surface area contributed by atoms with Crippen molar-refractivity contribution in [3.05, 3.63) is 0 Å². The molecular formula is C10H20N4. The smallest absolute Gasteiger partial charge is 0.208 e. The first kappa shape index (κ1) is 9.77. The second kappa shape index (κ2) is 3.77. The van der Waals surface area contributed by atoms with Crippen LogP contribution in [0.1, 0.15) is 26.2 Å². The summed E-state index contributed by atoms with van der Waals surface area (Å²) in [6, 6.07) is 0.528. The van der Waals surface area contributed by atoms with Crippen molar-refractivity contribution < 1.29 is 0 Å². The second-order valence-electron chi connectivity index (χ2n) is 4.68. The largest absolute Gasteiger partial charge is 0.345 e. The number of guanidine groups is 1. The van der Waals surface area contributed by atoms with Gasteiger partial charge in [-0.3, -0.25) is 5.43 Å². The fourth-order valence-corrected chi connectivity index (χ4v) is 1.71. The Labute approximate surface area is 85.5 Å². The van der Waals surface area contributed by atoms with Crippen molar-refractivity contribution in [1.29, 1.82) is 0 Å². The molecule has 0 aromatic carbocycles. The molecule has 0 aromatic rings. The van der Waals surface area contributed by atoms with Gasteiger partial charge in [-0.05, 0) is 31.1 Å². The lowest BCUT2D eigenvalue weighted by molar-refractivity contribution is 0.444. The zero-order valence-corrected chi connectivity index (χ0v) is 9.03. The fraction of sp³-hybridized carbons (Fsp3) is 0.900. The molecule has 0 radical (unpaired) electrons. The Hall–Kier alpha value is -0.770. The number of hydrogen-bond acceptors (Lipinski definition) is 2. The van der Waals surface area contributed by atoms with Gasteiger partial charge < -0.3 is 4.90 Å². The summed E-state index contributed by atoms with van der Waals surface area (Å²) in [5, 5.41) is 0. The summed E-state index contributed by atoms with van der Waals surface area (Å²) in [7, 11) is 2.06. The maximum Gasteiger partial charge on any atom is 0.208 e. The van der Waals surface area contributed by atoms with Crippen molar-refractivity contribution in [2.24, 2.45) is 22.7 Å². The van der Waals surface area contributed by atoms with E-state index in [0.29, 0.717) is 6.04 Å². The van der Waals surface area contributed by atoms with Gasteiger partial charge >= 0.3 is 0 Å². The van der Waals surface area contributed by atoms with Crippen molar-refractivity contribution in [3.63, 3.8) is 0 Å². The molecule has 14 heavy (non-hydrogen) atoms. The third kappa shape index (κ3) is 2.38. The fourth-order valence-electron chi connectivity index (χ4n) is 1.71. The predicted octanol–water partition coefficient (Wildman–Crippen LogP) is 0.556. The lowest BCUT2D eigenvalue weighted by Crippen LogP contribution is -2.43. The zero-order valence-electron chi connectivity index (χ0n) is 9.03. The Morgan fingerprint density at radius 3 is 2.64 bits per heavy atom. The van der Waals surface area contributed by atoms with E-state index in [0.717, 1.165) is 24.3 Å². The summed E-state index contributed by atoms with van der Waals surface area (Å²) in [6.45, 7) is 3.38. The highest BCUT2D eigenvalue weighted by atomic mass is 15.4. The first-order chi connectivity index (χ1) is 6.70. The van der Waals surface area contributed by atoms with Crippen LogP contribution < -0.4 is 11.3 Å². The molecule has 2 saturated carbocycles. The summed E-state index contributed by atoms with van der Waals surface area (Å²) >= 11 is 0. The Balaban J connectivity index is 1.83. The van der Waals surface area contributed by atoms with Crippen LogP contribution in [0.5, 0.6) is 0 Å². The summed E-state index contributed by atoms with van der Waals surface area (Å²) < 4.78 is 0. The van der Waals surface area contributed by atoms with Crippen LogP contribution in [0.2, 0.25) is 0 Å². The molecule has 4 heteroatoms. The molecule has 4 nitrogen and oxygen atoms in total. The molecule has 2 aliphatic carbocycles. The molecule has 2 aliphatic rings. The number of hydrogen-bond donors (Lipinski definition) is 2. The maximum atomic E-state index is 5.46. The van der Waals surface area contributed by atoms with Gasteiger partial charge in [0, 0.05) is 13.6 Å². The lowest BCUT2D eigenvalue weighted by Gasteiger charge is -2.20. The highest BCUT2D eigenvalue weighted by Crippen LogP contribution is 2.38. The van der Waals surface area contributed by atoms with Crippen LogP contribution in [0.15, 0.2) is 4.99 Å². The highest BCUT2D eigenvalue weighted by Gasteiger charge is 2.34. The third-order valence-electron chi connectivity index (χ3n) is 3.13. The van der Waals surface area contributed by atoms with Gasteiger partial charge in [0.25, 0.3) is 0 Å². The quantitative estimate of drug-likeness (QED) is 0.300. The average molecular weight is 196 g/mol. The van der Waals surface area contributed by atoms with Crippen LogP contribution in [0.4, 0.5) is 0 Å². The van der Waals surface area contributed by atoms with Crippen LogP contribution in [0.25, 0.3) is 0 Å². The van der Waals surface area contributed by atoms with Crippen molar-refractivity contribution in [3.8, 4) is 0 Å². The lowest BCUT2D eigenvalue weighted by atomic mass is 10.3. The number of nitrogens with two attached hydrogens (primary N) is 1. The van der Waals surface area contributed by atoms with Crippen molar-refractivity contribution >= 4 is 5.96 Å². The molecule has 2 fully saturated rings. The first-order valence-corrected chi connectivity index (χ1v) is 5.46. The third-order valence-corrected chi connectivity index (χ3v) is 3.13. The Morgan fingerprint density at radius 1 is 1.57 bits per heavy atom. The van der Waals surface area contributed by atoms with Crippen LogP contribution in [-0.4, -0.2) is 30.5 Å². The molecule has 80 valence electrons. The van der Waals surface area contributed by atoms with Crippen LogP contribution in [0.3, 0.4) is 0 Å². The van der Waals surface area contributed by atoms with Crippen molar-refractivity contribution in [2.75, 3.05) is 13.6 Å². The van der Waals surface area contributed by atoms with Gasteiger partial charge in [-0.2, -0.15) is 0 Å².